The number of nitrogens with zero attached hydrogens (tertiary/aromatic N) is 3. The first kappa shape index (κ1) is 18.3. The van der Waals surface area contributed by atoms with E-state index >= 15 is 0 Å². The summed E-state index contributed by atoms with van der Waals surface area (Å²) in [5.74, 6) is -0.447. The van der Waals surface area contributed by atoms with Gasteiger partial charge in [-0.05, 0) is 43.6 Å². The second kappa shape index (κ2) is 10.0. The van der Waals surface area contributed by atoms with E-state index in [0.717, 1.165) is 10.2 Å². The lowest BCUT2D eigenvalue weighted by Crippen LogP contribution is -2.45. The average molecular weight is 371 g/mol. The zero-order valence-electron chi connectivity index (χ0n) is 12.5. The Balaban J connectivity index is 2.95. The number of hydrogen-bond donors (Lipinski definition) is 1. The summed E-state index contributed by atoms with van der Waals surface area (Å²) in [7, 11) is 0. The lowest BCUT2D eigenvalue weighted by molar-refractivity contribution is -0.147. The highest BCUT2D eigenvalue weighted by Gasteiger charge is 2.29. The van der Waals surface area contributed by atoms with Gasteiger partial charge < -0.3 is 14.8 Å². The molecule has 0 fully saturated rings. The maximum atomic E-state index is 12.2. The van der Waals surface area contributed by atoms with Gasteiger partial charge in [0.2, 0.25) is 0 Å². The van der Waals surface area contributed by atoms with Gasteiger partial charge in [-0.2, -0.15) is 0 Å². The minimum atomic E-state index is -0.758. The SMILES string of the molecule is CCOC(=O)C(Nc1ccc(Br)cc1)C(CN=[N+]=[N-])OCC. The molecule has 1 N–H and O–H groups in total. The number of carbonyl (C=O) groups excluding carboxylic acids is 1. The molecule has 0 amide bonds. The van der Waals surface area contributed by atoms with Gasteiger partial charge in [-0.1, -0.05) is 21.0 Å². The Labute approximate surface area is 137 Å². The molecule has 1 aromatic rings. The van der Waals surface area contributed by atoms with E-state index in [1.165, 1.54) is 0 Å². The number of nitrogens with one attached hydrogen (secondary N) is 1. The first-order valence-electron chi connectivity index (χ1n) is 6.93. The van der Waals surface area contributed by atoms with Crippen LogP contribution in [0.25, 0.3) is 10.4 Å². The molecule has 0 spiro atoms. The first-order chi connectivity index (χ1) is 10.6. The Morgan fingerprint density at radius 2 is 2.05 bits per heavy atom. The molecule has 22 heavy (non-hydrogen) atoms. The van der Waals surface area contributed by atoms with Gasteiger partial charge in [-0.25, -0.2) is 4.79 Å². The molecule has 1 rings (SSSR count). The van der Waals surface area contributed by atoms with Gasteiger partial charge >= 0.3 is 5.97 Å². The molecule has 2 atom stereocenters. The van der Waals surface area contributed by atoms with Crippen LogP contribution in [0, 0.1) is 0 Å². The molecule has 0 saturated carbocycles. The third kappa shape index (κ3) is 5.93. The minimum absolute atomic E-state index is 0.0390. The number of esters is 1. The highest BCUT2D eigenvalue weighted by molar-refractivity contribution is 9.10. The fourth-order valence-electron chi connectivity index (χ4n) is 1.85. The van der Waals surface area contributed by atoms with E-state index in [4.69, 9.17) is 15.0 Å². The summed E-state index contributed by atoms with van der Waals surface area (Å²) in [5.41, 5.74) is 9.23. The Kier molecular flexibility index (Phi) is 8.35. The quantitative estimate of drug-likeness (QED) is 0.311. The largest absolute Gasteiger partial charge is 0.464 e. The molecule has 0 aromatic heterocycles. The first-order valence-corrected chi connectivity index (χ1v) is 7.72. The van der Waals surface area contributed by atoms with E-state index in [1.54, 1.807) is 6.92 Å². The summed E-state index contributed by atoms with van der Waals surface area (Å²) in [6.07, 6.45) is -0.608. The molecule has 0 bridgehead atoms. The lowest BCUT2D eigenvalue weighted by atomic mass is 10.1. The Hall–Kier alpha value is -1.76. The summed E-state index contributed by atoms with van der Waals surface area (Å²) in [5, 5.41) is 6.59. The second-order valence-electron chi connectivity index (χ2n) is 4.29. The minimum Gasteiger partial charge on any atom is -0.464 e. The van der Waals surface area contributed by atoms with Gasteiger partial charge in [0.25, 0.3) is 0 Å². The van der Waals surface area contributed by atoms with E-state index in [2.05, 4.69) is 31.3 Å². The molecule has 0 saturated heterocycles. The van der Waals surface area contributed by atoms with Gasteiger partial charge in [-0.15, -0.1) is 0 Å². The fraction of sp³-hybridized carbons (Fsp3) is 0.500. The number of azide groups is 1. The zero-order valence-corrected chi connectivity index (χ0v) is 14.1. The molecule has 8 heteroatoms. The van der Waals surface area contributed by atoms with Crippen LogP contribution in [0.15, 0.2) is 33.9 Å². The Morgan fingerprint density at radius 1 is 1.36 bits per heavy atom. The average Bonchev–Trinajstić information content (AvgIpc) is 2.51. The number of ether oxygens (including phenoxy) is 2. The standard InChI is InChI=1S/C14H19BrN4O3/c1-3-21-12(9-17-19-16)13(14(20)22-4-2)18-11-7-5-10(15)6-8-11/h5-8,12-13,18H,3-4,9H2,1-2H3. The van der Waals surface area contributed by atoms with E-state index in [-0.39, 0.29) is 13.2 Å². The third-order valence-corrected chi connectivity index (χ3v) is 3.31. The van der Waals surface area contributed by atoms with Crippen molar-refractivity contribution in [1.29, 1.82) is 0 Å². The topological polar surface area (TPSA) is 96.3 Å². The van der Waals surface area contributed by atoms with Crippen molar-refractivity contribution in [3.63, 3.8) is 0 Å². The summed E-state index contributed by atoms with van der Waals surface area (Å²) >= 11 is 3.35. The molecular weight excluding hydrogens is 352 g/mol. The lowest BCUT2D eigenvalue weighted by Gasteiger charge is -2.26. The van der Waals surface area contributed by atoms with Crippen molar-refractivity contribution in [2.75, 3.05) is 25.1 Å². The van der Waals surface area contributed by atoms with Gasteiger partial charge in [0, 0.05) is 21.7 Å². The summed E-state index contributed by atoms with van der Waals surface area (Å²) < 4.78 is 11.5. The van der Waals surface area contributed by atoms with Crippen LogP contribution in [-0.2, 0) is 14.3 Å². The van der Waals surface area contributed by atoms with Crippen molar-refractivity contribution in [3.05, 3.63) is 39.2 Å². The number of benzene rings is 1. The molecule has 1 aromatic carbocycles. The van der Waals surface area contributed by atoms with E-state index in [1.807, 2.05) is 31.2 Å². The van der Waals surface area contributed by atoms with Crippen LogP contribution in [-0.4, -0.2) is 37.9 Å². The third-order valence-electron chi connectivity index (χ3n) is 2.78. The van der Waals surface area contributed by atoms with Crippen LogP contribution in [0.4, 0.5) is 5.69 Å². The summed E-state index contributed by atoms with van der Waals surface area (Å²) in [6.45, 7) is 4.24. The number of rotatable bonds is 9. The van der Waals surface area contributed by atoms with Crippen LogP contribution < -0.4 is 5.32 Å². The van der Waals surface area contributed by atoms with Crippen LogP contribution in [0.1, 0.15) is 13.8 Å². The molecule has 120 valence electrons. The summed E-state index contributed by atoms with van der Waals surface area (Å²) in [6, 6.07) is 6.60. The number of halogens is 1. The van der Waals surface area contributed by atoms with Crippen molar-refractivity contribution >= 4 is 27.6 Å². The molecular formula is C14H19BrN4O3. The van der Waals surface area contributed by atoms with Gasteiger partial charge in [0.05, 0.1) is 19.3 Å². The number of hydrogen-bond acceptors (Lipinski definition) is 5. The number of carbonyl (C=O) groups is 1. The normalized spacial score (nSPS) is 12.9. The molecule has 0 aliphatic carbocycles. The molecule has 0 aliphatic rings. The Morgan fingerprint density at radius 3 is 2.59 bits per heavy atom. The van der Waals surface area contributed by atoms with Gasteiger partial charge in [-0.3, -0.25) is 0 Å². The van der Waals surface area contributed by atoms with E-state index in [0.29, 0.717) is 6.61 Å². The smallest absolute Gasteiger partial charge is 0.331 e. The van der Waals surface area contributed by atoms with E-state index < -0.39 is 18.1 Å². The van der Waals surface area contributed by atoms with Crippen molar-refractivity contribution in [2.45, 2.75) is 26.0 Å². The number of anilines is 1. The van der Waals surface area contributed by atoms with Crippen molar-refractivity contribution in [1.82, 2.24) is 0 Å². The molecule has 0 radical (unpaired) electrons. The fourth-order valence-corrected chi connectivity index (χ4v) is 2.11. The van der Waals surface area contributed by atoms with Crippen LogP contribution >= 0.6 is 15.9 Å². The highest BCUT2D eigenvalue weighted by atomic mass is 79.9. The molecule has 7 nitrogen and oxygen atoms in total. The Bertz CT molecular complexity index is 517. The van der Waals surface area contributed by atoms with Gasteiger partial charge in [0.15, 0.2) is 6.04 Å². The van der Waals surface area contributed by atoms with E-state index in [9.17, 15) is 4.79 Å². The predicted molar refractivity (Wildman–Crippen MR) is 87.6 cm³/mol. The zero-order chi connectivity index (χ0) is 16.4. The monoisotopic (exact) mass is 370 g/mol. The van der Waals surface area contributed by atoms with Gasteiger partial charge in [0.1, 0.15) is 0 Å². The maximum Gasteiger partial charge on any atom is 0.331 e. The van der Waals surface area contributed by atoms with Crippen LogP contribution in [0.3, 0.4) is 0 Å². The van der Waals surface area contributed by atoms with Crippen molar-refractivity contribution in [3.8, 4) is 0 Å². The van der Waals surface area contributed by atoms with Crippen LogP contribution in [0.2, 0.25) is 0 Å². The predicted octanol–water partition coefficient (Wildman–Crippen LogP) is 3.51. The molecule has 0 heterocycles. The van der Waals surface area contributed by atoms with Crippen LogP contribution in [0.5, 0.6) is 0 Å². The molecule has 2 unspecified atom stereocenters. The highest BCUT2D eigenvalue weighted by Crippen LogP contribution is 2.17. The summed E-state index contributed by atoms with van der Waals surface area (Å²) in [4.78, 5) is 14.9. The second-order valence-corrected chi connectivity index (χ2v) is 5.20. The molecule has 0 aliphatic heterocycles. The maximum absolute atomic E-state index is 12.2. The van der Waals surface area contributed by atoms with Crippen molar-refractivity contribution in [2.24, 2.45) is 5.11 Å². The van der Waals surface area contributed by atoms with Crippen molar-refractivity contribution < 1.29 is 14.3 Å².